The van der Waals surface area contributed by atoms with Crippen LogP contribution in [0.3, 0.4) is 0 Å². The van der Waals surface area contributed by atoms with Crippen molar-refractivity contribution in [2.75, 3.05) is 11.5 Å². The molecule has 0 spiro atoms. The molecule has 0 aliphatic carbocycles. The van der Waals surface area contributed by atoms with Gasteiger partial charge in [0.25, 0.3) is 0 Å². The van der Waals surface area contributed by atoms with Gasteiger partial charge in [-0.2, -0.15) is 0 Å². The number of rotatable bonds is 5. The second kappa shape index (κ2) is 6.19. The highest BCUT2D eigenvalue weighted by Gasteiger charge is 2.49. The smallest absolute Gasteiger partial charge is 0.240 e. The largest absolute Gasteiger partial charge is 0.395 e. The number of anilines is 1. The summed E-state index contributed by atoms with van der Waals surface area (Å²) < 4.78 is 0. The molecule has 0 fully saturated rings. The molecule has 1 N–H and O–H groups in total. The first-order valence-electron chi connectivity index (χ1n) is 7.50. The van der Waals surface area contributed by atoms with Crippen molar-refractivity contribution >= 4 is 23.2 Å². The molecule has 1 aliphatic rings. The molecule has 3 rings (SSSR count). The Morgan fingerprint density at radius 1 is 1.22 bits per heavy atom. The minimum atomic E-state index is -0.989. The first kappa shape index (κ1) is 15.8. The highest BCUT2D eigenvalue weighted by atomic mass is 35.5. The average Bonchev–Trinajstić information content (AvgIpc) is 2.79. The van der Waals surface area contributed by atoms with Gasteiger partial charge in [-0.15, -0.1) is 6.58 Å². The molecule has 2 aromatic rings. The Hall–Kier alpha value is -2.10. The molecule has 3 nitrogen and oxygen atoms in total. The van der Waals surface area contributed by atoms with Gasteiger partial charge in [-0.1, -0.05) is 48.0 Å². The van der Waals surface area contributed by atoms with Crippen LogP contribution in [0.5, 0.6) is 0 Å². The molecule has 1 amide bonds. The fraction of sp³-hybridized carbons (Fsp3) is 0.211. The number of aliphatic hydroxyl groups excluding tert-OH is 1. The van der Waals surface area contributed by atoms with Crippen molar-refractivity contribution in [1.82, 2.24) is 0 Å². The molecule has 0 saturated carbocycles. The van der Waals surface area contributed by atoms with Crippen molar-refractivity contribution in [3.8, 4) is 0 Å². The maximum absolute atomic E-state index is 13.1. The quantitative estimate of drug-likeness (QED) is 0.851. The first-order chi connectivity index (χ1) is 11.1. The van der Waals surface area contributed by atoms with Crippen LogP contribution in [0, 0.1) is 0 Å². The lowest BCUT2D eigenvalue weighted by molar-refractivity contribution is -0.124. The molecule has 2 aromatic carbocycles. The van der Waals surface area contributed by atoms with E-state index >= 15 is 0 Å². The van der Waals surface area contributed by atoms with Crippen LogP contribution >= 0.6 is 11.6 Å². The highest BCUT2D eigenvalue weighted by molar-refractivity contribution is 6.31. The Bertz CT molecular complexity index is 744. The molecule has 1 unspecified atom stereocenters. The summed E-state index contributed by atoms with van der Waals surface area (Å²) >= 11 is 6.13. The zero-order valence-corrected chi connectivity index (χ0v) is 13.5. The average molecular weight is 328 g/mol. The van der Waals surface area contributed by atoms with Gasteiger partial charge in [-0.05, 0) is 35.7 Å². The second-order valence-electron chi connectivity index (χ2n) is 5.77. The molecule has 1 aliphatic heterocycles. The van der Waals surface area contributed by atoms with Crippen LogP contribution < -0.4 is 4.90 Å². The van der Waals surface area contributed by atoms with Crippen molar-refractivity contribution in [3.63, 3.8) is 0 Å². The van der Waals surface area contributed by atoms with E-state index in [1.807, 2.05) is 36.4 Å². The minimum absolute atomic E-state index is 0.110. The Labute approximate surface area is 140 Å². The topological polar surface area (TPSA) is 40.5 Å². The Balaban J connectivity index is 2.09. The summed E-state index contributed by atoms with van der Waals surface area (Å²) in [5, 5.41) is 10.6. The predicted molar refractivity (Wildman–Crippen MR) is 92.7 cm³/mol. The third-order valence-electron chi connectivity index (χ3n) is 4.37. The fourth-order valence-electron chi connectivity index (χ4n) is 3.19. The lowest BCUT2D eigenvalue weighted by Crippen LogP contribution is -2.42. The Morgan fingerprint density at radius 2 is 1.96 bits per heavy atom. The van der Waals surface area contributed by atoms with E-state index in [0.717, 1.165) is 16.8 Å². The van der Waals surface area contributed by atoms with Crippen LogP contribution in [0.25, 0.3) is 0 Å². The molecule has 1 heterocycles. The summed E-state index contributed by atoms with van der Waals surface area (Å²) in [4.78, 5) is 14.8. The summed E-state index contributed by atoms with van der Waals surface area (Å²) in [7, 11) is 0. The van der Waals surface area contributed by atoms with Crippen LogP contribution in [-0.4, -0.2) is 17.6 Å². The van der Waals surface area contributed by atoms with Crippen molar-refractivity contribution in [3.05, 3.63) is 77.3 Å². The van der Waals surface area contributed by atoms with E-state index in [2.05, 4.69) is 6.58 Å². The third-order valence-corrected chi connectivity index (χ3v) is 4.60. The third kappa shape index (κ3) is 2.56. The van der Waals surface area contributed by atoms with Crippen LogP contribution in [0.15, 0.2) is 61.2 Å². The summed E-state index contributed by atoms with van der Waals surface area (Å²) in [6.45, 7) is 3.94. The number of fused-ring (bicyclic) bond motifs is 1. The maximum atomic E-state index is 13.1. The molecular weight excluding hydrogens is 310 g/mol. The van der Waals surface area contributed by atoms with Crippen molar-refractivity contribution in [2.45, 2.75) is 18.4 Å². The van der Waals surface area contributed by atoms with Gasteiger partial charge in [0.05, 0.1) is 13.2 Å². The Morgan fingerprint density at radius 3 is 2.61 bits per heavy atom. The van der Waals surface area contributed by atoms with Crippen LogP contribution in [0.4, 0.5) is 5.69 Å². The first-order valence-corrected chi connectivity index (χ1v) is 7.88. The molecule has 0 radical (unpaired) electrons. The van der Waals surface area contributed by atoms with E-state index < -0.39 is 5.41 Å². The Kier molecular flexibility index (Phi) is 4.24. The standard InChI is InChI=1S/C19H18ClNO2/c1-2-10-19(13-22)16-11-15(20)8-9-17(16)21(18(19)23)12-14-6-4-3-5-7-14/h2-9,11,22H,1,10,12-13H2. The normalized spacial score (nSPS) is 19.7. The molecule has 118 valence electrons. The second-order valence-corrected chi connectivity index (χ2v) is 6.21. The zero-order chi connectivity index (χ0) is 16.4. The fourth-order valence-corrected chi connectivity index (χ4v) is 3.37. The van der Waals surface area contributed by atoms with Gasteiger partial charge in [0, 0.05) is 10.7 Å². The number of benzene rings is 2. The van der Waals surface area contributed by atoms with Gasteiger partial charge in [-0.3, -0.25) is 4.79 Å². The van der Waals surface area contributed by atoms with Gasteiger partial charge >= 0.3 is 0 Å². The minimum Gasteiger partial charge on any atom is -0.395 e. The molecule has 0 bridgehead atoms. The monoisotopic (exact) mass is 327 g/mol. The molecule has 0 aromatic heterocycles. The van der Waals surface area contributed by atoms with E-state index in [1.54, 1.807) is 23.1 Å². The number of hydrogen-bond acceptors (Lipinski definition) is 2. The van der Waals surface area contributed by atoms with Gasteiger partial charge in [-0.25, -0.2) is 0 Å². The van der Waals surface area contributed by atoms with Crippen molar-refractivity contribution in [1.29, 1.82) is 0 Å². The lowest BCUT2D eigenvalue weighted by atomic mass is 9.79. The molecule has 4 heteroatoms. The predicted octanol–water partition coefficient (Wildman–Crippen LogP) is 3.69. The van der Waals surface area contributed by atoms with E-state index in [4.69, 9.17) is 11.6 Å². The number of aliphatic hydroxyl groups is 1. The summed E-state index contributed by atoms with van der Waals surface area (Å²) in [5.41, 5.74) is 1.62. The number of carbonyl (C=O) groups is 1. The van der Waals surface area contributed by atoms with Gasteiger partial charge in [0.2, 0.25) is 5.91 Å². The van der Waals surface area contributed by atoms with Crippen LogP contribution in [0.2, 0.25) is 5.02 Å². The van der Waals surface area contributed by atoms with E-state index in [1.165, 1.54) is 0 Å². The zero-order valence-electron chi connectivity index (χ0n) is 12.7. The van der Waals surface area contributed by atoms with Crippen LogP contribution in [0.1, 0.15) is 17.5 Å². The number of hydrogen-bond donors (Lipinski definition) is 1. The highest BCUT2D eigenvalue weighted by Crippen LogP contribution is 2.45. The number of halogens is 1. The van der Waals surface area contributed by atoms with E-state index in [0.29, 0.717) is 18.0 Å². The maximum Gasteiger partial charge on any atom is 0.240 e. The number of carbonyl (C=O) groups excluding carboxylic acids is 1. The number of allylic oxidation sites excluding steroid dienone is 1. The molecule has 1 atom stereocenters. The van der Waals surface area contributed by atoms with Gasteiger partial charge < -0.3 is 10.0 Å². The van der Waals surface area contributed by atoms with Crippen LogP contribution in [-0.2, 0) is 16.8 Å². The molecule has 0 saturated heterocycles. The summed E-state index contributed by atoms with van der Waals surface area (Å²) in [5.74, 6) is -0.110. The van der Waals surface area contributed by atoms with E-state index in [-0.39, 0.29) is 12.5 Å². The van der Waals surface area contributed by atoms with Gasteiger partial charge in [0.15, 0.2) is 0 Å². The lowest BCUT2D eigenvalue weighted by Gasteiger charge is -2.25. The SMILES string of the molecule is C=CCC1(CO)C(=O)N(Cc2ccccc2)c2ccc(Cl)cc21. The summed E-state index contributed by atoms with van der Waals surface area (Å²) in [6, 6.07) is 15.2. The number of nitrogens with zero attached hydrogens (tertiary/aromatic N) is 1. The number of amides is 1. The molecule has 23 heavy (non-hydrogen) atoms. The van der Waals surface area contributed by atoms with Gasteiger partial charge in [0.1, 0.15) is 5.41 Å². The van der Waals surface area contributed by atoms with Crippen molar-refractivity contribution < 1.29 is 9.90 Å². The summed E-state index contributed by atoms with van der Waals surface area (Å²) in [6.07, 6.45) is 2.05. The molecular formula is C19H18ClNO2. The van der Waals surface area contributed by atoms with Crippen molar-refractivity contribution in [2.24, 2.45) is 0 Å². The van der Waals surface area contributed by atoms with E-state index in [9.17, 15) is 9.90 Å².